The smallest absolute Gasteiger partial charge is 0.762 e. The Balaban J connectivity index is -0.0000000221. The minimum atomic E-state index is -3.67. The van der Waals surface area contributed by atoms with Crippen molar-refractivity contribution >= 4 is 18.8 Å². The monoisotopic (exact) mass is 303 g/mol. The fraction of sp³-hybridized carbons (Fsp3) is 0.600. The molecule has 0 aliphatic heterocycles. The molecular weight excluding hydrogens is 282 g/mol. The van der Waals surface area contributed by atoms with Crippen LogP contribution in [0.4, 0.5) is 12.9 Å². The second-order valence-electron chi connectivity index (χ2n) is 1.67. The fourth-order valence-corrected chi connectivity index (χ4v) is 0. The largest absolute Gasteiger partial charge is 1.00 e. The van der Waals surface area contributed by atoms with Crippen LogP contribution in [0.2, 0.25) is 0 Å². The minimum Gasteiger partial charge on any atom is -1.00 e. The van der Waals surface area contributed by atoms with Crippen molar-refractivity contribution in [2.75, 3.05) is 0 Å². The molecule has 1 nitrogen and oxygen atoms in total. The summed E-state index contributed by atoms with van der Waals surface area (Å²) >= 11 is 4.04. The van der Waals surface area contributed by atoms with Crippen molar-refractivity contribution in [1.82, 2.24) is 0 Å². The van der Waals surface area contributed by atoms with Crippen molar-refractivity contribution in [3.8, 4) is 0 Å². The van der Waals surface area contributed by atoms with Crippen LogP contribution in [0.1, 0.15) is 40.5 Å². The van der Waals surface area contributed by atoms with Gasteiger partial charge < -0.3 is 23.3 Å². The number of hydrogen-bond acceptors (Lipinski definition) is 1. The van der Waals surface area contributed by atoms with Gasteiger partial charge in [0.15, 0.2) is 0 Å². The molecule has 0 aliphatic rings. The molecule has 17 heavy (non-hydrogen) atoms. The van der Waals surface area contributed by atoms with Gasteiger partial charge in [0.2, 0.25) is 0 Å². The third-order valence-electron chi connectivity index (χ3n) is 0. The summed E-state index contributed by atoms with van der Waals surface area (Å²) in [5.41, 5.74) is 0. The van der Waals surface area contributed by atoms with Gasteiger partial charge in [0.25, 0.3) is 0 Å². The number of hydrogen-bond donors (Lipinski definition) is 0. The van der Waals surface area contributed by atoms with E-state index < -0.39 is 7.54 Å². The maximum Gasteiger partial charge on any atom is 0.762 e. The van der Waals surface area contributed by atoms with Gasteiger partial charge in [0.05, 0.1) is 0 Å². The molecule has 0 atom stereocenters. The predicted molar refractivity (Wildman–Crippen MR) is 63.9 cm³/mol. The number of carbonyl (C=O) groups excluding carboxylic acids is 1. The van der Waals surface area contributed by atoms with Crippen molar-refractivity contribution in [3.05, 3.63) is 13.8 Å². The number of carbonyl (C=O) groups is 1. The van der Waals surface area contributed by atoms with Crippen LogP contribution in [0, 0.1) is 13.8 Å². The van der Waals surface area contributed by atoms with E-state index in [4.69, 9.17) is 4.79 Å². The number of halogens is 4. The predicted octanol–water partition coefficient (Wildman–Crippen LogP) is 0.905. The summed E-state index contributed by atoms with van der Waals surface area (Å²) in [5.74, 6) is 0. The van der Waals surface area contributed by atoms with Crippen molar-refractivity contribution in [3.63, 3.8) is 0 Å². The number of aldehydes is 1. The van der Waals surface area contributed by atoms with Crippen LogP contribution in [0.5, 0.6) is 0 Å². The Morgan fingerprint density at radius 3 is 1.12 bits per heavy atom. The SMILES string of the molecule is CC=O.C[CH]=[Ni].FB(F)F.[CH2-]CC.[CH2-]CC.[F-]. The minimum absolute atomic E-state index is 0. The molecule has 0 aromatic carbocycles. The van der Waals surface area contributed by atoms with E-state index in [-0.39, 0.29) is 4.70 Å². The van der Waals surface area contributed by atoms with Gasteiger partial charge in [-0.2, -0.15) is 12.8 Å². The average molecular weight is 304 g/mol. The van der Waals surface area contributed by atoms with Crippen LogP contribution in [0.15, 0.2) is 0 Å². The molecule has 112 valence electrons. The van der Waals surface area contributed by atoms with Gasteiger partial charge >= 0.3 is 34.5 Å². The normalized spacial score (nSPS) is 5.35. The molecule has 0 N–H and O–H groups in total. The fourth-order valence-electron chi connectivity index (χ4n) is 0. The average Bonchev–Trinajstić information content (AvgIpc) is 2.06. The van der Waals surface area contributed by atoms with E-state index >= 15 is 0 Å². The standard InChI is InChI=1S/2C3H7.C2H4O.C2H4.BF3.FH.Ni/c2*1-3-2;1-2-3;1-2;2-1(3)4;;/h2*1,3H2,2H3;2H,1H3;1H,2H3;;1H;/q2*-1;;;;;/p-1. The molecule has 0 bridgehead atoms. The zero-order valence-electron chi connectivity index (χ0n) is 10.8. The van der Waals surface area contributed by atoms with Gasteiger partial charge in [-0.25, -0.2) is 0 Å². The first-order chi connectivity index (χ1) is 7.39. The molecule has 7 heteroatoms. The van der Waals surface area contributed by atoms with Gasteiger partial charge in [0.1, 0.15) is 6.29 Å². The third kappa shape index (κ3) is 91600. The molecule has 0 saturated carbocycles. The first-order valence-electron chi connectivity index (χ1n) is 4.64. The molecule has 0 aromatic heterocycles. The van der Waals surface area contributed by atoms with E-state index in [1.165, 1.54) is 6.92 Å². The van der Waals surface area contributed by atoms with Crippen LogP contribution in [0.3, 0.4) is 0 Å². The second kappa shape index (κ2) is 74.7. The van der Waals surface area contributed by atoms with Crippen LogP contribution < -0.4 is 4.70 Å². The van der Waals surface area contributed by atoms with Crippen LogP contribution in [-0.2, 0) is 19.8 Å². The third-order valence-corrected chi connectivity index (χ3v) is 0. The van der Waals surface area contributed by atoms with E-state index in [1.807, 2.05) is 20.8 Å². The van der Waals surface area contributed by atoms with Crippen LogP contribution >= 0.6 is 0 Å². The Morgan fingerprint density at radius 1 is 1.12 bits per heavy atom. The summed E-state index contributed by atoms with van der Waals surface area (Å²) in [6.07, 6.45) is 2.75. The molecule has 0 amide bonds. The molecule has 0 spiro atoms. The molecule has 0 aromatic rings. The zero-order valence-corrected chi connectivity index (χ0v) is 11.8. The summed E-state index contributed by atoms with van der Waals surface area (Å²) in [7, 11) is -3.67. The molecule has 0 heterocycles. The van der Waals surface area contributed by atoms with E-state index in [9.17, 15) is 12.9 Å². The summed E-state index contributed by atoms with van der Waals surface area (Å²) in [6.45, 7) is 14.3. The van der Waals surface area contributed by atoms with Crippen molar-refractivity contribution in [1.29, 1.82) is 0 Å². The summed E-state index contributed by atoms with van der Waals surface area (Å²) < 4.78 is 29.0. The van der Waals surface area contributed by atoms with Gasteiger partial charge in [-0.1, -0.05) is 13.8 Å². The molecule has 0 fully saturated rings. The van der Waals surface area contributed by atoms with Gasteiger partial charge in [-0.15, -0.1) is 0 Å². The molecule has 0 rings (SSSR count). The van der Waals surface area contributed by atoms with Crippen molar-refractivity contribution in [2.24, 2.45) is 0 Å². The van der Waals surface area contributed by atoms with E-state index in [2.05, 4.69) is 28.9 Å². The van der Waals surface area contributed by atoms with E-state index in [0.29, 0.717) is 0 Å². The van der Waals surface area contributed by atoms with Crippen molar-refractivity contribution in [2.45, 2.75) is 40.5 Å². The topological polar surface area (TPSA) is 17.1 Å². The summed E-state index contributed by atoms with van der Waals surface area (Å²) in [5, 5.41) is 0. The van der Waals surface area contributed by atoms with Gasteiger partial charge in [-0.05, 0) is 6.92 Å². The second-order valence-corrected chi connectivity index (χ2v) is 2.24. The molecule has 0 aliphatic carbocycles. The molecule has 0 saturated heterocycles. The Hall–Kier alpha value is -0.182. The zero-order chi connectivity index (χ0) is 14.4. The van der Waals surface area contributed by atoms with E-state index in [0.717, 1.165) is 19.1 Å². The first kappa shape index (κ1) is 36.0. The Kier molecular flexibility index (Phi) is 158. The summed E-state index contributed by atoms with van der Waals surface area (Å²) in [6, 6.07) is 0. The number of rotatable bonds is 0. The maximum absolute atomic E-state index is 9.67. The van der Waals surface area contributed by atoms with Crippen LogP contribution in [0.25, 0.3) is 0 Å². The van der Waals surface area contributed by atoms with Gasteiger partial charge in [0, 0.05) is 0 Å². The Bertz CT molecular complexity index is 87.6. The molecule has 0 radical (unpaired) electrons. The molecular formula is C10H22BF4NiO-3. The van der Waals surface area contributed by atoms with E-state index in [1.54, 1.807) is 4.99 Å². The quantitative estimate of drug-likeness (QED) is 0.281. The Morgan fingerprint density at radius 2 is 1.12 bits per heavy atom. The van der Waals surface area contributed by atoms with Crippen LogP contribution in [-0.4, -0.2) is 18.8 Å². The Labute approximate surface area is 111 Å². The van der Waals surface area contributed by atoms with Crippen molar-refractivity contribution < 1.29 is 37.5 Å². The molecule has 0 unspecified atom stereocenters. The summed E-state index contributed by atoms with van der Waals surface area (Å²) in [4.78, 5) is 10.4. The first-order valence-corrected chi connectivity index (χ1v) is 5.21. The van der Waals surface area contributed by atoms with Gasteiger partial charge in [-0.3, -0.25) is 12.9 Å². The maximum atomic E-state index is 9.67.